The minimum Gasteiger partial charge on any atom is -0.466 e. The highest BCUT2D eigenvalue weighted by molar-refractivity contribution is 9.10. The molecule has 2 aromatic heterocycles. The summed E-state index contributed by atoms with van der Waals surface area (Å²) < 4.78 is 71.3. The van der Waals surface area contributed by atoms with Crippen LogP contribution in [0.1, 0.15) is 47.9 Å². The van der Waals surface area contributed by atoms with Crippen LogP contribution >= 0.6 is 15.9 Å². The van der Waals surface area contributed by atoms with E-state index in [4.69, 9.17) is 9.47 Å². The molecule has 0 aliphatic carbocycles. The smallest absolute Gasteiger partial charge is 0.387 e. The molecule has 0 radical (unpaired) electrons. The summed E-state index contributed by atoms with van der Waals surface area (Å²) in [7, 11) is 0. The monoisotopic (exact) mass is 546 g/mol. The minimum atomic E-state index is -3.29. The quantitative estimate of drug-likeness (QED) is 0.270. The zero-order valence-electron chi connectivity index (χ0n) is 18.0. The largest absolute Gasteiger partial charge is 0.466 e. The molecule has 7 nitrogen and oxygen atoms in total. The molecule has 3 aromatic rings. The number of rotatable bonds is 9. The van der Waals surface area contributed by atoms with Gasteiger partial charge in [0.2, 0.25) is 0 Å². The molecule has 2 heterocycles. The van der Waals surface area contributed by atoms with E-state index in [1.54, 1.807) is 13.8 Å². The maximum Gasteiger partial charge on any atom is 0.387 e. The van der Waals surface area contributed by atoms with Crippen LogP contribution in [0.3, 0.4) is 0 Å². The first-order chi connectivity index (χ1) is 16.2. The summed E-state index contributed by atoms with van der Waals surface area (Å²) in [5, 5.41) is 0. The third-order valence-corrected chi connectivity index (χ3v) is 5.34. The second-order valence-corrected chi connectivity index (χ2v) is 7.71. The number of ether oxygens (including phenoxy) is 3. The third kappa shape index (κ3) is 5.32. The van der Waals surface area contributed by atoms with E-state index >= 15 is 4.39 Å². The van der Waals surface area contributed by atoms with Crippen LogP contribution in [-0.4, -0.2) is 41.1 Å². The molecule has 1 aromatic carbocycles. The highest BCUT2D eigenvalue weighted by atomic mass is 79.9. The highest BCUT2D eigenvalue weighted by Gasteiger charge is 2.34. The van der Waals surface area contributed by atoms with Crippen molar-refractivity contribution >= 4 is 33.5 Å². The first kappa shape index (κ1) is 25.5. The number of hydrogen-bond donors (Lipinski definition) is 0. The van der Waals surface area contributed by atoms with E-state index in [2.05, 4.69) is 25.7 Å². The Bertz CT molecular complexity index is 1220. The maximum atomic E-state index is 15.1. The average Bonchev–Trinajstić information content (AvgIpc) is 3.11. The number of carbonyl (C=O) groups is 2. The highest BCUT2D eigenvalue weighted by Crippen LogP contribution is 2.39. The number of halogens is 5. The normalized spacial score (nSPS) is 12.1. The number of aromatic nitrogens is 2. The van der Waals surface area contributed by atoms with E-state index in [9.17, 15) is 22.8 Å². The summed E-state index contributed by atoms with van der Waals surface area (Å²) in [6.07, 6.45) is 0.659. The Morgan fingerprint density at radius 3 is 2.47 bits per heavy atom. The molecule has 12 heteroatoms. The van der Waals surface area contributed by atoms with Gasteiger partial charge in [-0.25, -0.2) is 18.6 Å². The van der Waals surface area contributed by atoms with Gasteiger partial charge in [-0.05, 0) is 41.9 Å². The van der Waals surface area contributed by atoms with Crippen molar-refractivity contribution < 1.29 is 41.4 Å². The van der Waals surface area contributed by atoms with Crippen LogP contribution in [0.4, 0.5) is 17.6 Å². The van der Waals surface area contributed by atoms with Crippen LogP contribution in [0.2, 0.25) is 0 Å². The van der Waals surface area contributed by atoms with Crippen molar-refractivity contribution in [2.24, 2.45) is 0 Å². The lowest BCUT2D eigenvalue weighted by Crippen LogP contribution is -2.19. The van der Waals surface area contributed by atoms with Crippen molar-refractivity contribution in [2.45, 2.75) is 32.8 Å². The molecule has 0 spiro atoms. The van der Waals surface area contributed by atoms with Gasteiger partial charge in [0, 0.05) is 23.7 Å². The summed E-state index contributed by atoms with van der Waals surface area (Å²) in [5.41, 5.74) is -0.921. The molecule has 0 bridgehead atoms. The lowest BCUT2D eigenvalue weighted by molar-refractivity contribution is -0.143. The van der Waals surface area contributed by atoms with Gasteiger partial charge in [0.15, 0.2) is 5.69 Å². The van der Waals surface area contributed by atoms with Crippen molar-refractivity contribution in [2.75, 3.05) is 13.2 Å². The molecule has 182 valence electrons. The van der Waals surface area contributed by atoms with Crippen LogP contribution in [0.5, 0.6) is 5.75 Å². The Kier molecular flexibility index (Phi) is 8.13. The van der Waals surface area contributed by atoms with Gasteiger partial charge in [-0.2, -0.15) is 8.78 Å². The van der Waals surface area contributed by atoms with Crippen molar-refractivity contribution in [1.29, 1.82) is 0 Å². The number of alkyl halides is 2. The molecule has 1 atom stereocenters. The molecular formula is C22H19BrF4N2O5. The van der Waals surface area contributed by atoms with Gasteiger partial charge in [-0.3, -0.25) is 4.79 Å². The van der Waals surface area contributed by atoms with Gasteiger partial charge in [0.25, 0.3) is 0 Å². The first-order valence-corrected chi connectivity index (χ1v) is 10.9. The van der Waals surface area contributed by atoms with E-state index < -0.39 is 53.8 Å². The van der Waals surface area contributed by atoms with Crippen LogP contribution < -0.4 is 4.74 Å². The summed E-state index contributed by atoms with van der Waals surface area (Å²) >= 11 is 3.04. The summed E-state index contributed by atoms with van der Waals surface area (Å²) in [4.78, 5) is 29.3. The minimum absolute atomic E-state index is 0.00212. The Hall–Kier alpha value is -3.15. The lowest BCUT2D eigenvalue weighted by Gasteiger charge is -2.21. The number of nitrogens with zero attached hydrogens (tertiary/aromatic N) is 2. The molecular weight excluding hydrogens is 528 g/mol. The number of esters is 2. The van der Waals surface area contributed by atoms with E-state index in [1.807, 2.05) is 0 Å². The third-order valence-electron chi connectivity index (χ3n) is 4.75. The molecule has 0 N–H and O–H groups in total. The summed E-state index contributed by atoms with van der Waals surface area (Å²) in [6, 6.07) is 4.26. The van der Waals surface area contributed by atoms with Gasteiger partial charge < -0.3 is 18.6 Å². The number of pyridine rings is 1. The van der Waals surface area contributed by atoms with Crippen LogP contribution in [-0.2, 0) is 14.3 Å². The first-order valence-electron chi connectivity index (χ1n) is 10.1. The zero-order chi connectivity index (χ0) is 25.0. The van der Waals surface area contributed by atoms with Crippen LogP contribution in [0.25, 0.3) is 5.65 Å². The summed E-state index contributed by atoms with van der Waals surface area (Å²) in [5.74, 6) is -5.34. The fourth-order valence-corrected chi connectivity index (χ4v) is 3.84. The van der Waals surface area contributed by atoms with Crippen molar-refractivity contribution in [1.82, 2.24) is 9.38 Å². The molecule has 34 heavy (non-hydrogen) atoms. The Morgan fingerprint density at radius 1 is 1.12 bits per heavy atom. The predicted octanol–water partition coefficient (Wildman–Crippen LogP) is 5.24. The van der Waals surface area contributed by atoms with E-state index in [0.29, 0.717) is 0 Å². The molecule has 0 saturated carbocycles. The fraction of sp³-hybridized carbons (Fsp3) is 0.318. The molecule has 3 rings (SSSR count). The topological polar surface area (TPSA) is 79.1 Å². The van der Waals surface area contributed by atoms with Gasteiger partial charge in [0.1, 0.15) is 23.0 Å². The van der Waals surface area contributed by atoms with E-state index in [1.165, 1.54) is 10.6 Å². The standard InChI is InChI=1S/C22H19BrF4N2O5/c1-3-32-17(30)8-11(18-13(24)6-5-7-15(18)34-22(26)27)20-19(21(31)33-4-2)28-16-9-14(25)12(23)10-29(16)20/h5-7,9-11,22H,3-4,8H2,1-2H3. The second kappa shape index (κ2) is 10.9. The average molecular weight is 547 g/mol. The SMILES string of the molecule is CCOC(=O)CC(c1c(F)cccc1OC(F)F)c1c(C(=O)OCC)nc2cc(F)c(Br)cn12. The van der Waals surface area contributed by atoms with Gasteiger partial charge in [-0.15, -0.1) is 0 Å². The molecule has 0 saturated heterocycles. The maximum absolute atomic E-state index is 15.1. The van der Waals surface area contributed by atoms with Gasteiger partial charge in [0.05, 0.1) is 29.8 Å². The van der Waals surface area contributed by atoms with Gasteiger partial charge in [-0.1, -0.05) is 6.07 Å². The Labute approximate surface area is 199 Å². The van der Waals surface area contributed by atoms with E-state index in [-0.39, 0.29) is 34.7 Å². The molecule has 0 aliphatic heterocycles. The molecule has 0 aliphatic rings. The molecule has 0 fully saturated rings. The zero-order valence-corrected chi connectivity index (χ0v) is 19.6. The molecule has 1 unspecified atom stereocenters. The van der Waals surface area contributed by atoms with Crippen molar-refractivity contribution in [3.05, 3.63) is 63.5 Å². The number of fused-ring (bicyclic) bond motifs is 1. The number of carbonyl (C=O) groups excluding carboxylic acids is 2. The van der Waals surface area contributed by atoms with Crippen molar-refractivity contribution in [3.8, 4) is 5.75 Å². The Morgan fingerprint density at radius 2 is 1.82 bits per heavy atom. The van der Waals surface area contributed by atoms with Gasteiger partial charge >= 0.3 is 18.6 Å². The van der Waals surface area contributed by atoms with E-state index in [0.717, 1.165) is 24.3 Å². The number of imidazole rings is 1. The second-order valence-electron chi connectivity index (χ2n) is 6.86. The van der Waals surface area contributed by atoms with Crippen molar-refractivity contribution in [3.63, 3.8) is 0 Å². The number of benzene rings is 1. The molecule has 0 amide bonds. The predicted molar refractivity (Wildman–Crippen MR) is 115 cm³/mol. The fourth-order valence-electron chi connectivity index (χ4n) is 3.52. The number of hydrogen-bond acceptors (Lipinski definition) is 6. The van der Waals surface area contributed by atoms with Crippen LogP contribution in [0.15, 0.2) is 34.9 Å². The lowest BCUT2D eigenvalue weighted by atomic mass is 9.89. The van der Waals surface area contributed by atoms with Crippen LogP contribution in [0, 0.1) is 11.6 Å². The summed E-state index contributed by atoms with van der Waals surface area (Å²) in [6.45, 7) is -0.229. The Balaban J connectivity index is 2.36.